The van der Waals surface area contributed by atoms with Crippen molar-refractivity contribution in [3.63, 3.8) is 0 Å². The van der Waals surface area contributed by atoms with Crippen LogP contribution in [0, 0.1) is 0 Å². The summed E-state index contributed by atoms with van der Waals surface area (Å²) in [6.07, 6.45) is 2.51. The van der Waals surface area contributed by atoms with Gasteiger partial charge in [0.05, 0.1) is 35.9 Å². The Balaban J connectivity index is 1.23. The van der Waals surface area contributed by atoms with Crippen molar-refractivity contribution in [1.29, 1.82) is 0 Å². The van der Waals surface area contributed by atoms with Crippen LogP contribution >= 0.6 is 11.6 Å². The fourth-order valence-corrected chi connectivity index (χ4v) is 5.84. The predicted molar refractivity (Wildman–Crippen MR) is 168 cm³/mol. The highest BCUT2D eigenvalue weighted by molar-refractivity contribution is 6.34. The van der Waals surface area contributed by atoms with Crippen molar-refractivity contribution in [3.05, 3.63) is 94.5 Å². The van der Waals surface area contributed by atoms with Gasteiger partial charge in [0, 0.05) is 19.2 Å². The van der Waals surface area contributed by atoms with Crippen LogP contribution in [0.2, 0.25) is 5.02 Å². The van der Waals surface area contributed by atoms with Crippen LogP contribution in [0.5, 0.6) is 5.75 Å². The van der Waals surface area contributed by atoms with Crippen LogP contribution in [0.1, 0.15) is 47.7 Å². The summed E-state index contributed by atoms with van der Waals surface area (Å²) in [4.78, 5) is 54.3. The third kappa shape index (κ3) is 8.40. The van der Waals surface area contributed by atoms with Crippen LogP contribution in [0.3, 0.4) is 0 Å². The summed E-state index contributed by atoms with van der Waals surface area (Å²) in [7, 11) is 0. The summed E-state index contributed by atoms with van der Waals surface area (Å²) < 4.78 is 16.6. The van der Waals surface area contributed by atoms with Gasteiger partial charge in [0.15, 0.2) is 0 Å². The van der Waals surface area contributed by atoms with Gasteiger partial charge in [0.25, 0.3) is 5.91 Å². The minimum atomic E-state index is -0.456. The van der Waals surface area contributed by atoms with Crippen LogP contribution in [-0.4, -0.2) is 67.0 Å². The van der Waals surface area contributed by atoms with E-state index in [1.807, 2.05) is 42.5 Å². The maximum Gasteiger partial charge on any atom is 0.302 e. The highest BCUT2D eigenvalue weighted by Gasteiger charge is 2.33. The molecule has 0 radical (unpaired) electrons. The molecule has 0 bridgehead atoms. The lowest BCUT2D eigenvalue weighted by molar-refractivity contribution is -0.141. The lowest BCUT2D eigenvalue weighted by Crippen LogP contribution is -2.48. The number of hydrogen-bond acceptors (Lipinski definition) is 7. The summed E-state index contributed by atoms with van der Waals surface area (Å²) in [5.74, 6) is -1.09. The molecule has 1 fully saturated rings. The number of carbonyl (C=O) groups is 4. The summed E-state index contributed by atoms with van der Waals surface area (Å²) in [6, 6.07) is 21.6. The highest BCUT2D eigenvalue weighted by atomic mass is 35.5. The van der Waals surface area contributed by atoms with E-state index >= 15 is 0 Å². The van der Waals surface area contributed by atoms with Crippen LogP contribution in [0.25, 0.3) is 0 Å². The van der Waals surface area contributed by atoms with Gasteiger partial charge in [-0.25, -0.2) is 0 Å². The first-order valence-electron chi connectivity index (χ1n) is 15.0. The summed E-state index contributed by atoms with van der Waals surface area (Å²) in [5, 5.41) is 3.23. The third-order valence-corrected chi connectivity index (χ3v) is 8.12. The van der Waals surface area contributed by atoms with Gasteiger partial charge in [-0.2, -0.15) is 0 Å². The van der Waals surface area contributed by atoms with Crippen molar-refractivity contribution in [1.82, 2.24) is 10.2 Å². The van der Waals surface area contributed by atoms with Gasteiger partial charge in [0.1, 0.15) is 25.5 Å². The van der Waals surface area contributed by atoms with E-state index < -0.39 is 11.9 Å². The molecule has 5 rings (SSSR count). The molecule has 3 aromatic rings. The first-order chi connectivity index (χ1) is 21.8. The van der Waals surface area contributed by atoms with Gasteiger partial charge in [-0.1, -0.05) is 60.1 Å². The van der Waals surface area contributed by atoms with Crippen molar-refractivity contribution in [2.75, 3.05) is 31.2 Å². The minimum Gasteiger partial charge on any atom is -0.490 e. The Morgan fingerprint density at radius 3 is 2.51 bits per heavy atom. The molecule has 0 saturated heterocycles. The Bertz CT molecular complexity index is 1530. The molecular formula is C34H36ClN3O7. The molecule has 1 saturated carbocycles. The van der Waals surface area contributed by atoms with E-state index in [4.69, 9.17) is 25.8 Å². The van der Waals surface area contributed by atoms with Gasteiger partial charge in [0.2, 0.25) is 11.8 Å². The number of anilines is 1. The molecule has 11 heteroatoms. The summed E-state index contributed by atoms with van der Waals surface area (Å²) >= 11 is 6.49. The number of carbonyl (C=O) groups excluding carboxylic acids is 4. The van der Waals surface area contributed by atoms with Crippen LogP contribution < -0.4 is 15.0 Å². The van der Waals surface area contributed by atoms with Crippen molar-refractivity contribution < 1.29 is 33.4 Å². The molecule has 2 aliphatic rings. The molecule has 1 N–H and O–H groups in total. The number of hydrogen-bond donors (Lipinski definition) is 1. The number of amides is 3. The summed E-state index contributed by atoms with van der Waals surface area (Å²) in [5.41, 5.74) is 2.57. The average molecular weight is 634 g/mol. The third-order valence-electron chi connectivity index (χ3n) is 7.80. The van der Waals surface area contributed by atoms with Gasteiger partial charge in [-0.15, -0.1) is 0 Å². The molecule has 1 aliphatic heterocycles. The lowest BCUT2D eigenvalue weighted by Gasteiger charge is -2.25. The van der Waals surface area contributed by atoms with Crippen molar-refractivity contribution in [2.45, 2.75) is 51.5 Å². The highest BCUT2D eigenvalue weighted by Crippen LogP contribution is 2.30. The Kier molecular flexibility index (Phi) is 10.7. The van der Waals surface area contributed by atoms with E-state index in [9.17, 15) is 19.2 Å². The predicted octanol–water partition coefficient (Wildman–Crippen LogP) is 4.53. The average Bonchev–Trinajstić information content (AvgIpc) is 3.41. The molecule has 3 amide bonds. The van der Waals surface area contributed by atoms with Gasteiger partial charge in [-0.05, 0) is 54.7 Å². The monoisotopic (exact) mass is 633 g/mol. The Labute approximate surface area is 267 Å². The molecule has 236 valence electrons. The molecular weight excluding hydrogens is 598 g/mol. The second-order valence-electron chi connectivity index (χ2n) is 11.0. The second-order valence-corrected chi connectivity index (χ2v) is 11.4. The number of benzene rings is 3. The summed E-state index contributed by atoms with van der Waals surface area (Å²) in [6.45, 7) is 1.77. The van der Waals surface area contributed by atoms with Crippen molar-refractivity contribution >= 4 is 41.0 Å². The quantitative estimate of drug-likeness (QED) is 0.244. The normalized spacial score (nSPS) is 17.8. The van der Waals surface area contributed by atoms with Gasteiger partial charge >= 0.3 is 5.97 Å². The van der Waals surface area contributed by atoms with Crippen molar-refractivity contribution in [3.8, 4) is 5.75 Å². The number of fused-ring (bicyclic) bond motifs is 1. The molecule has 10 nitrogen and oxygen atoms in total. The smallest absolute Gasteiger partial charge is 0.302 e. The Hall–Kier alpha value is -4.41. The molecule has 0 aromatic heterocycles. The number of rotatable bonds is 11. The van der Waals surface area contributed by atoms with E-state index in [0.717, 1.165) is 30.4 Å². The van der Waals surface area contributed by atoms with E-state index in [-0.39, 0.29) is 67.4 Å². The number of halogens is 1. The van der Waals surface area contributed by atoms with Crippen LogP contribution in [0.4, 0.5) is 5.69 Å². The largest absolute Gasteiger partial charge is 0.490 e. The molecule has 2 atom stereocenters. The molecule has 0 spiro atoms. The zero-order valence-electron chi connectivity index (χ0n) is 25.1. The molecule has 3 aromatic carbocycles. The van der Waals surface area contributed by atoms with E-state index in [1.54, 1.807) is 18.2 Å². The van der Waals surface area contributed by atoms with Crippen LogP contribution in [0.15, 0.2) is 72.8 Å². The maximum atomic E-state index is 13.8. The SMILES string of the molecule is CC(=O)OCCOc1ccc(C(=O)N2CC(=O)N(CC(=O)NC3CCC[C@H]3OCc3ccccc3)Cc3ccccc32)c(Cl)c1. The number of esters is 1. The Morgan fingerprint density at radius 1 is 0.956 bits per heavy atom. The maximum absolute atomic E-state index is 13.8. The molecule has 1 heterocycles. The number of para-hydroxylation sites is 1. The topological polar surface area (TPSA) is 114 Å². The first kappa shape index (κ1) is 32.0. The Morgan fingerprint density at radius 2 is 1.73 bits per heavy atom. The number of nitrogens with zero attached hydrogens (tertiary/aromatic N) is 2. The lowest BCUT2D eigenvalue weighted by atomic mass is 10.1. The first-order valence-corrected chi connectivity index (χ1v) is 15.3. The fraction of sp³-hybridized carbons (Fsp3) is 0.353. The van der Waals surface area contributed by atoms with E-state index in [0.29, 0.717) is 18.0 Å². The molecule has 1 aliphatic carbocycles. The fourth-order valence-electron chi connectivity index (χ4n) is 5.59. The van der Waals surface area contributed by atoms with E-state index in [1.165, 1.54) is 28.9 Å². The number of nitrogens with one attached hydrogen (secondary N) is 1. The standard InChI is InChI=1S/C34H36ClN3O7/c1-23(39)43-16-17-44-26-14-15-27(28(35)18-26)34(42)38-21-33(41)37(19-25-10-5-6-12-30(25)38)20-32(40)36-29-11-7-13-31(29)45-22-24-8-3-2-4-9-24/h2-6,8-10,12,14-15,18,29,31H,7,11,13,16-17,19-22H2,1H3,(H,36,40)/t29?,31-/m1/s1. The van der Waals surface area contributed by atoms with E-state index in [2.05, 4.69) is 5.32 Å². The molecule has 1 unspecified atom stereocenters. The van der Waals surface area contributed by atoms with Crippen molar-refractivity contribution in [2.24, 2.45) is 0 Å². The number of ether oxygens (including phenoxy) is 3. The minimum absolute atomic E-state index is 0.0815. The molecule has 45 heavy (non-hydrogen) atoms. The second kappa shape index (κ2) is 15.0. The van der Waals surface area contributed by atoms with Gasteiger partial charge in [-0.3, -0.25) is 24.1 Å². The zero-order valence-corrected chi connectivity index (χ0v) is 25.8. The zero-order chi connectivity index (χ0) is 31.8. The van der Waals surface area contributed by atoms with Crippen LogP contribution in [-0.2, 0) is 37.0 Å². The van der Waals surface area contributed by atoms with Gasteiger partial charge < -0.3 is 24.4 Å².